The van der Waals surface area contributed by atoms with E-state index < -0.39 is 0 Å². The van der Waals surface area contributed by atoms with Gasteiger partial charge in [-0.2, -0.15) is 0 Å². The Labute approximate surface area is 258 Å². The van der Waals surface area contributed by atoms with E-state index in [-0.39, 0.29) is 18.4 Å². The van der Waals surface area contributed by atoms with E-state index in [0.717, 1.165) is 33.8 Å². The molecule has 1 fully saturated rings. The van der Waals surface area contributed by atoms with Crippen LogP contribution in [-0.2, 0) is 11.3 Å². The van der Waals surface area contributed by atoms with Crippen molar-refractivity contribution in [1.82, 2.24) is 20.0 Å². The van der Waals surface area contributed by atoms with E-state index >= 15 is 0 Å². The Balaban J connectivity index is 1.07. The van der Waals surface area contributed by atoms with Crippen molar-refractivity contribution >= 4 is 17.6 Å². The van der Waals surface area contributed by atoms with Gasteiger partial charge in [0.05, 0.1) is 5.69 Å². The molecule has 220 valence electrons. The minimum atomic E-state index is -0.135. The molecule has 0 N–H and O–H groups in total. The molecule has 2 amide bonds. The number of aromatic nitrogens is 2. The molecule has 0 saturated carbocycles. The van der Waals surface area contributed by atoms with Crippen molar-refractivity contribution in [3.63, 3.8) is 0 Å². The van der Waals surface area contributed by atoms with Crippen molar-refractivity contribution in [3.05, 3.63) is 138 Å². The summed E-state index contributed by atoms with van der Waals surface area (Å²) < 4.78 is 0. The predicted octanol–water partition coefficient (Wildman–Crippen LogP) is 6.11. The molecule has 4 aromatic carbocycles. The summed E-state index contributed by atoms with van der Waals surface area (Å²) in [5.74, 6) is 0.606. The minimum Gasteiger partial charge on any atom is -0.352 e. The molecule has 0 bridgehead atoms. The molecule has 7 heteroatoms. The summed E-state index contributed by atoms with van der Waals surface area (Å²) in [6.07, 6.45) is 0. The lowest BCUT2D eigenvalue weighted by molar-refractivity contribution is -0.132. The van der Waals surface area contributed by atoms with E-state index in [4.69, 9.17) is 0 Å². The van der Waals surface area contributed by atoms with Crippen LogP contribution in [0.3, 0.4) is 0 Å². The van der Waals surface area contributed by atoms with E-state index in [1.165, 1.54) is 5.56 Å². The molecule has 1 aromatic heterocycles. The van der Waals surface area contributed by atoms with E-state index in [2.05, 4.69) is 51.5 Å². The summed E-state index contributed by atoms with van der Waals surface area (Å²) in [4.78, 5) is 32.7. The van der Waals surface area contributed by atoms with Gasteiger partial charge >= 0.3 is 0 Å². The SMILES string of the molecule is Cc1ccccc1C(=O)N(CC(=O)N1CCN(c2ccc(-c3ccc(-c4ccccc4)cc3)nn2)CC1)Cc1ccccc1. The number of anilines is 1. The number of carbonyl (C=O) groups is 2. The van der Waals surface area contributed by atoms with Gasteiger partial charge < -0.3 is 14.7 Å². The molecule has 1 saturated heterocycles. The van der Waals surface area contributed by atoms with Crippen molar-refractivity contribution < 1.29 is 9.59 Å². The third kappa shape index (κ3) is 6.68. The van der Waals surface area contributed by atoms with Gasteiger partial charge in [0.2, 0.25) is 5.91 Å². The number of benzene rings is 4. The van der Waals surface area contributed by atoms with Crippen LogP contribution in [0.2, 0.25) is 0 Å². The zero-order chi connectivity index (χ0) is 30.3. The van der Waals surface area contributed by atoms with Gasteiger partial charge in [0.15, 0.2) is 5.82 Å². The van der Waals surface area contributed by atoms with Gasteiger partial charge in [0.1, 0.15) is 6.54 Å². The molecule has 0 atom stereocenters. The fourth-order valence-corrected chi connectivity index (χ4v) is 5.55. The van der Waals surface area contributed by atoms with Crippen molar-refractivity contribution in [3.8, 4) is 22.4 Å². The van der Waals surface area contributed by atoms with Crippen LogP contribution in [0.5, 0.6) is 0 Å². The number of piperazine rings is 1. The van der Waals surface area contributed by atoms with Crippen LogP contribution in [-0.4, -0.2) is 64.5 Å². The van der Waals surface area contributed by atoms with Crippen LogP contribution in [0, 0.1) is 6.92 Å². The fraction of sp³-hybridized carbons (Fsp3) is 0.189. The van der Waals surface area contributed by atoms with Crippen LogP contribution in [0.4, 0.5) is 5.82 Å². The number of amides is 2. The van der Waals surface area contributed by atoms with Gasteiger partial charge in [-0.1, -0.05) is 103 Å². The van der Waals surface area contributed by atoms with Gasteiger partial charge in [-0.05, 0) is 47.4 Å². The molecular formula is C37H35N5O2. The summed E-state index contributed by atoms with van der Waals surface area (Å²) in [6, 6.07) is 40.0. The maximum absolute atomic E-state index is 13.6. The van der Waals surface area contributed by atoms with Crippen molar-refractivity contribution in [1.29, 1.82) is 0 Å². The van der Waals surface area contributed by atoms with Gasteiger partial charge in [-0.15, -0.1) is 10.2 Å². The number of hydrogen-bond acceptors (Lipinski definition) is 5. The second-order valence-corrected chi connectivity index (χ2v) is 11.0. The number of rotatable bonds is 8. The number of hydrogen-bond donors (Lipinski definition) is 0. The molecule has 1 aliphatic rings. The van der Waals surface area contributed by atoms with Crippen molar-refractivity contribution in [2.24, 2.45) is 0 Å². The molecule has 0 radical (unpaired) electrons. The van der Waals surface area contributed by atoms with Gasteiger partial charge in [0, 0.05) is 43.9 Å². The quantitative estimate of drug-likeness (QED) is 0.221. The van der Waals surface area contributed by atoms with Crippen LogP contribution in [0.25, 0.3) is 22.4 Å². The third-order valence-corrected chi connectivity index (χ3v) is 8.10. The second-order valence-electron chi connectivity index (χ2n) is 11.0. The zero-order valence-corrected chi connectivity index (χ0v) is 24.8. The molecule has 0 unspecified atom stereocenters. The Morgan fingerprint density at radius 1 is 0.659 bits per heavy atom. The van der Waals surface area contributed by atoms with Crippen LogP contribution in [0.15, 0.2) is 121 Å². The van der Waals surface area contributed by atoms with E-state index in [1.54, 1.807) is 4.90 Å². The number of aryl methyl sites for hydroxylation is 1. The number of nitrogens with zero attached hydrogens (tertiary/aromatic N) is 5. The molecule has 2 heterocycles. The van der Waals surface area contributed by atoms with Crippen molar-refractivity contribution in [2.75, 3.05) is 37.6 Å². The Bertz CT molecular complexity index is 1700. The first-order valence-corrected chi connectivity index (χ1v) is 15.0. The number of carbonyl (C=O) groups excluding carboxylic acids is 2. The summed E-state index contributed by atoms with van der Waals surface area (Å²) in [6.45, 7) is 4.73. The Morgan fingerprint density at radius 3 is 1.93 bits per heavy atom. The molecule has 7 nitrogen and oxygen atoms in total. The first-order chi connectivity index (χ1) is 21.5. The Morgan fingerprint density at radius 2 is 1.27 bits per heavy atom. The average molecular weight is 582 g/mol. The average Bonchev–Trinajstić information content (AvgIpc) is 3.09. The standard InChI is InChI=1S/C37H35N5O2/c1-28-10-8-9-15-33(28)37(44)42(26-29-11-4-2-5-12-29)27-36(43)41-24-22-40(23-25-41)35-21-20-34(38-39-35)32-18-16-31(17-19-32)30-13-6-3-7-14-30/h2-21H,22-27H2,1H3. The predicted molar refractivity (Wildman–Crippen MR) is 174 cm³/mol. The van der Waals surface area contributed by atoms with Crippen molar-refractivity contribution in [2.45, 2.75) is 13.5 Å². The lowest BCUT2D eigenvalue weighted by Gasteiger charge is -2.36. The summed E-state index contributed by atoms with van der Waals surface area (Å²) in [7, 11) is 0. The maximum Gasteiger partial charge on any atom is 0.254 e. The molecule has 5 aromatic rings. The Hall–Kier alpha value is -5.30. The highest BCUT2D eigenvalue weighted by atomic mass is 16.2. The molecule has 0 aliphatic carbocycles. The lowest BCUT2D eigenvalue weighted by Crippen LogP contribution is -2.52. The topological polar surface area (TPSA) is 69.6 Å². The zero-order valence-electron chi connectivity index (χ0n) is 24.8. The maximum atomic E-state index is 13.6. The van der Waals surface area contributed by atoms with E-state index in [9.17, 15) is 9.59 Å². The summed E-state index contributed by atoms with van der Waals surface area (Å²) >= 11 is 0. The summed E-state index contributed by atoms with van der Waals surface area (Å²) in [5.41, 5.74) is 6.68. The van der Waals surface area contributed by atoms with E-state index in [1.807, 2.05) is 96.8 Å². The minimum absolute atomic E-state index is 0.0274. The van der Waals surface area contributed by atoms with Crippen LogP contribution < -0.4 is 4.90 Å². The van der Waals surface area contributed by atoms with Gasteiger partial charge in [0.25, 0.3) is 5.91 Å². The monoisotopic (exact) mass is 581 g/mol. The summed E-state index contributed by atoms with van der Waals surface area (Å²) in [5, 5.41) is 9.01. The first kappa shape index (κ1) is 28.8. The Kier molecular flexibility index (Phi) is 8.73. The molecule has 44 heavy (non-hydrogen) atoms. The lowest BCUT2D eigenvalue weighted by atomic mass is 10.0. The molecule has 1 aliphatic heterocycles. The smallest absolute Gasteiger partial charge is 0.254 e. The molecule has 6 rings (SSSR count). The first-order valence-electron chi connectivity index (χ1n) is 15.0. The normalized spacial score (nSPS) is 13.0. The molecular weight excluding hydrogens is 546 g/mol. The highest BCUT2D eigenvalue weighted by Crippen LogP contribution is 2.24. The highest BCUT2D eigenvalue weighted by Gasteiger charge is 2.26. The van der Waals surface area contributed by atoms with Crippen LogP contribution >= 0.6 is 0 Å². The van der Waals surface area contributed by atoms with Crippen LogP contribution in [0.1, 0.15) is 21.5 Å². The van der Waals surface area contributed by atoms with Gasteiger partial charge in [-0.25, -0.2) is 0 Å². The second kappa shape index (κ2) is 13.3. The largest absolute Gasteiger partial charge is 0.352 e. The fourth-order valence-electron chi connectivity index (χ4n) is 5.55. The third-order valence-electron chi connectivity index (χ3n) is 8.10. The highest BCUT2D eigenvalue weighted by molar-refractivity contribution is 5.97. The van der Waals surface area contributed by atoms with E-state index in [0.29, 0.717) is 38.3 Å². The van der Waals surface area contributed by atoms with Gasteiger partial charge in [-0.3, -0.25) is 9.59 Å². The molecule has 0 spiro atoms.